The minimum Gasteiger partial charge on any atom is -0.348 e. The maximum atomic E-state index is 12.7. The van der Waals surface area contributed by atoms with Gasteiger partial charge in [0.1, 0.15) is 5.69 Å². The van der Waals surface area contributed by atoms with Crippen LogP contribution in [0.25, 0.3) is 0 Å². The molecule has 2 N–H and O–H groups in total. The van der Waals surface area contributed by atoms with E-state index in [9.17, 15) is 9.59 Å². The molecule has 8 heteroatoms. The summed E-state index contributed by atoms with van der Waals surface area (Å²) in [5.74, 6) is 0.234. The van der Waals surface area contributed by atoms with Gasteiger partial charge in [-0.05, 0) is 31.4 Å². The maximum Gasteiger partial charge on any atom is 0.272 e. The van der Waals surface area contributed by atoms with Crippen molar-refractivity contribution in [1.29, 1.82) is 0 Å². The first-order chi connectivity index (χ1) is 14.1. The molecule has 3 aromatic rings. The Morgan fingerprint density at radius 3 is 2.79 bits per heavy atom. The Kier molecular flexibility index (Phi) is 5.33. The van der Waals surface area contributed by atoms with Crippen LogP contribution in [0.1, 0.15) is 56.8 Å². The number of nitrogens with zero attached hydrogens (tertiary/aromatic N) is 4. The molecule has 0 spiro atoms. The zero-order chi connectivity index (χ0) is 20.2. The monoisotopic (exact) mass is 390 g/mol. The fourth-order valence-electron chi connectivity index (χ4n) is 3.55. The second-order valence-electron chi connectivity index (χ2n) is 7.02. The van der Waals surface area contributed by atoms with Gasteiger partial charge < -0.3 is 10.2 Å². The SMILES string of the molecule is Cc1nc(C2CCCN2C(=O)c2ccn[nH]2)ncc1C(=O)NCc1ccccc1. The number of likely N-dealkylation sites (tertiary alicyclic amines) is 1. The van der Waals surface area contributed by atoms with Crippen molar-refractivity contribution < 1.29 is 9.59 Å². The lowest BCUT2D eigenvalue weighted by molar-refractivity contribution is 0.0723. The van der Waals surface area contributed by atoms with Crippen molar-refractivity contribution in [2.75, 3.05) is 6.54 Å². The van der Waals surface area contributed by atoms with Gasteiger partial charge in [-0.15, -0.1) is 0 Å². The minimum atomic E-state index is -0.213. The van der Waals surface area contributed by atoms with E-state index < -0.39 is 0 Å². The predicted octanol–water partition coefficient (Wildman–Crippen LogP) is 2.42. The first-order valence-corrected chi connectivity index (χ1v) is 9.59. The Bertz CT molecular complexity index is 1000. The second-order valence-corrected chi connectivity index (χ2v) is 7.02. The first kappa shape index (κ1) is 18.8. The van der Waals surface area contributed by atoms with E-state index in [4.69, 9.17) is 0 Å². The molecule has 8 nitrogen and oxygen atoms in total. The molecule has 1 fully saturated rings. The highest BCUT2D eigenvalue weighted by Gasteiger charge is 2.33. The van der Waals surface area contributed by atoms with Gasteiger partial charge in [-0.3, -0.25) is 14.7 Å². The summed E-state index contributed by atoms with van der Waals surface area (Å²) in [6, 6.07) is 11.2. The van der Waals surface area contributed by atoms with E-state index in [0.717, 1.165) is 18.4 Å². The fraction of sp³-hybridized carbons (Fsp3) is 0.286. The first-order valence-electron chi connectivity index (χ1n) is 9.59. The summed E-state index contributed by atoms with van der Waals surface area (Å²) in [5.41, 5.74) is 2.51. The Morgan fingerprint density at radius 2 is 2.07 bits per heavy atom. The van der Waals surface area contributed by atoms with Crippen LogP contribution in [0.5, 0.6) is 0 Å². The summed E-state index contributed by atoms with van der Waals surface area (Å²) < 4.78 is 0. The third-order valence-electron chi connectivity index (χ3n) is 5.08. The van der Waals surface area contributed by atoms with Crippen LogP contribution in [0.15, 0.2) is 48.8 Å². The van der Waals surface area contributed by atoms with E-state index in [-0.39, 0.29) is 17.9 Å². The van der Waals surface area contributed by atoms with Gasteiger partial charge in [0.05, 0.1) is 17.3 Å². The summed E-state index contributed by atoms with van der Waals surface area (Å²) in [7, 11) is 0. The smallest absolute Gasteiger partial charge is 0.272 e. The van der Waals surface area contributed by atoms with E-state index >= 15 is 0 Å². The number of carbonyl (C=O) groups is 2. The highest BCUT2D eigenvalue weighted by atomic mass is 16.2. The lowest BCUT2D eigenvalue weighted by Gasteiger charge is -2.23. The second kappa shape index (κ2) is 8.22. The van der Waals surface area contributed by atoms with Crippen LogP contribution in [0.4, 0.5) is 0 Å². The number of H-pyrrole nitrogens is 1. The lowest BCUT2D eigenvalue weighted by Crippen LogP contribution is -2.32. The molecule has 4 rings (SSSR count). The molecule has 29 heavy (non-hydrogen) atoms. The summed E-state index contributed by atoms with van der Waals surface area (Å²) in [4.78, 5) is 36.0. The molecular formula is C21H22N6O2. The van der Waals surface area contributed by atoms with Gasteiger partial charge in [-0.25, -0.2) is 9.97 Å². The normalized spacial score (nSPS) is 16.0. The van der Waals surface area contributed by atoms with E-state index in [0.29, 0.717) is 35.9 Å². The van der Waals surface area contributed by atoms with Crippen molar-refractivity contribution in [3.05, 3.63) is 77.1 Å². The third kappa shape index (κ3) is 4.01. The summed E-state index contributed by atoms with van der Waals surface area (Å²) in [6.45, 7) is 2.87. The lowest BCUT2D eigenvalue weighted by atomic mass is 10.1. The van der Waals surface area contributed by atoms with Gasteiger partial charge in [0.2, 0.25) is 0 Å². The summed E-state index contributed by atoms with van der Waals surface area (Å²) in [5, 5.41) is 9.46. The molecule has 0 saturated carbocycles. The van der Waals surface area contributed by atoms with E-state index in [2.05, 4.69) is 25.5 Å². The number of rotatable bonds is 5. The third-order valence-corrected chi connectivity index (χ3v) is 5.08. The standard InChI is InChI=1S/C21H22N6O2/c1-14-16(20(28)23-12-15-6-3-2-4-7-15)13-22-19(25-14)18-8-5-11-27(18)21(29)17-9-10-24-26-17/h2-4,6-7,9-10,13,18H,5,8,11-12H2,1H3,(H,23,28)(H,24,26). The van der Waals surface area contributed by atoms with Crippen LogP contribution < -0.4 is 5.32 Å². The van der Waals surface area contributed by atoms with Gasteiger partial charge in [-0.1, -0.05) is 30.3 Å². The van der Waals surface area contributed by atoms with Crippen LogP contribution in [0.3, 0.4) is 0 Å². The number of benzene rings is 1. The maximum absolute atomic E-state index is 12.7. The number of amides is 2. The molecule has 1 saturated heterocycles. The Morgan fingerprint density at radius 1 is 1.24 bits per heavy atom. The van der Waals surface area contributed by atoms with Crippen molar-refractivity contribution >= 4 is 11.8 Å². The van der Waals surface area contributed by atoms with Crippen LogP contribution in [0.2, 0.25) is 0 Å². The number of aryl methyl sites for hydroxylation is 1. The van der Waals surface area contributed by atoms with Crippen molar-refractivity contribution in [2.24, 2.45) is 0 Å². The molecule has 0 radical (unpaired) electrons. The molecule has 1 aromatic carbocycles. The minimum absolute atomic E-state index is 0.115. The zero-order valence-electron chi connectivity index (χ0n) is 16.1. The quantitative estimate of drug-likeness (QED) is 0.696. The van der Waals surface area contributed by atoms with Crippen molar-refractivity contribution in [2.45, 2.75) is 32.4 Å². The molecule has 3 heterocycles. The molecular weight excluding hydrogens is 368 g/mol. The average molecular weight is 390 g/mol. The number of nitrogens with one attached hydrogen (secondary N) is 2. The highest BCUT2D eigenvalue weighted by Crippen LogP contribution is 2.31. The Hall–Kier alpha value is -3.55. The van der Waals surface area contributed by atoms with Crippen molar-refractivity contribution in [3.8, 4) is 0 Å². The molecule has 2 aromatic heterocycles. The van der Waals surface area contributed by atoms with Crippen LogP contribution >= 0.6 is 0 Å². The molecule has 1 atom stereocenters. The van der Waals surface area contributed by atoms with E-state index in [1.807, 2.05) is 30.3 Å². The molecule has 1 unspecified atom stereocenters. The topological polar surface area (TPSA) is 104 Å². The molecule has 1 aliphatic heterocycles. The van der Waals surface area contributed by atoms with Crippen molar-refractivity contribution in [1.82, 2.24) is 30.4 Å². The average Bonchev–Trinajstić information content (AvgIpc) is 3.44. The Labute approximate surface area is 168 Å². The van der Waals surface area contributed by atoms with Gasteiger partial charge >= 0.3 is 0 Å². The van der Waals surface area contributed by atoms with E-state index in [1.54, 1.807) is 30.3 Å². The van der Waals surface area contributed by atoms with Gasteiger partial charge in [-0.2, -0.15) is 5.10 Å². The molecule has 0 aliphatic carbocycles. The van der Waals surface area contributed by atoms with Gasteiger partial charge in [0.15, 0.2) is 5.82 Å². The fourth-order valence-corrected chi connectivity index (χ4v) is 3.55. The van der Waals surface area contributed by atoms with Gasteiger partial charge in [0, 0.05) is 25.5 Å². The Balaban J connectivity index is 1.47. The number of hydrogen-bond acceptors (Lipinski definition) is 5. The van der Waals surface area contributed by atoms with Crippen LogP contribution in [-0.2, 0) is 6.54 Å². The van der Waals surface area contributed by atoms with Gasteiger partial charge in [0.25, 0.3) is 11.8 Å². The highest BCUT2D eigenvalue weighted by molar-refractivity contribution is 5.95. The molecule has 1 aliphatic rings. The van der Waals surface area contributed by atoms with Crippen LogP contribution in [-0.4, -0.2) is 43.4 Å². The molecule has 2 amide bonds. The number of carbonyl (C=O) groups excluding carboxylic acids is 2. The predicted molar refractivity (Wildman–Crippen MR) is 106 cm³/mol. The number of aromatic amines is 1. The molecule has 148 valence electrons. The largest absolute Gasteiger partial charge is 0.348 e. The molecule has 0 bridgehead atoms. The van der Waals surface area contributed by atoms with Crippen molar-refractivity contribution in [3.63, 3.8) is 0 Å². The number of aromatic nitrogens is 4. The van der Waals surface area contributed by atoms with Crippen LogP contribution in [0, 0.1) is 6.92 Å². The summed E-state index contributed by atoms with van der Waals surface area (Å²) in [6.07, 6.45) is 4.78. The number of hydrogen-bond donors (Lipinski definition) is 2. The summed E-state index contributed by atoms with van der Waals surface area (Å²) >= 11 is 0. The zero-order valence-corrected chi connectivity index (χ0v) is 16.1. The van der Waals surface area contributed by atoms with E-state index in [1.165, 1.54) is 0 Å².